The van der Waals surface area contributed by atoms with Crippen molar-refractivity contribution in [2.24, 2.45) is 0 Å². The van der Waals surface area contributed by atoms with Crippen molar-refractivity contribution in [1.29, 1.82) is 0 Å². The number of aromatic nitrogens is 1. The Labute approximate surface area is 169 Å². The zero-order valence-electron chi connectivity index (χ0n) is 16.2. The summed E-state index contributed by atoms with van der Waals surface area (Å²) in [6.07, 6.45) is -2.73. The van der Waals surface area contributed by atoms with E-state index in [0.717, 1.165) is 22.9 Å². The summed E-state index contributed by atoms with van der Waals surface area (Å²) in [5.41, 5.74) is 5.81. The maximum atomic E-state index is 10.7. The minimum absolute atomic E-state index is 0.175. The van der Waals surface area contributed by atoms with Gasteiger partial charge in [0.15, 0.2) is 6.23 Å². The number of nitrogens with zero attached hydrogens (tertiary/aromatic N) is 1. The quantitative estimate of drug-likeness (QED) is 0.469. The molecule has 0 amide bonds. The summed E-state index contributed by atoms with van der Waals surface area (Å²) in [7, 11) is 1.47. The van der Waals surface area contributed by atoms with Crippen molar-refractivity contribution in [3.8, 4) is 0 Å². The fourth-order valence-electron chi connectivity index (χ4n) is 3.94. The van der Waals surface area contributed by atoms with Crippen LogP contribution in [0.4, 0.5) is 0 Å². The third-order valence-electron chi connectivity index (χ3n) is 5.45. The molecule has 0 bridgehead atoms. The molecule has 7 nitrogen and oxygen atoms in total. The van der Waals surface area contributed by atoms with Crippen LogP contribution in [-0.4, -0.2) is 58.0 Å². The molecule has 1 saturated heterocycles. The highest BCUT2D eigenvalue weighted by atomic mass is 16.6. The van der Waals surface area contributed by atoms with Gasteiger partial charge in [-0.2, -0.15) is 0 Å². The lowest BCUT2D eigenvalue weighted by atomic mass is 9.98. The molecule has 0 saturated carbocycles. The summed E-state index contributed by atoms with van der Waals surface area (Å²) in [5.74, 6) is 0. The van der Waals surface area contributed by atoms with Gasteiger partial charge in [-0.3, -0.25) is 0 Å². The Kier molecular flexibility index (Phi) is 5.96. The van der Waals surface area contributed by atoms with Crippen LogP contribution in [0.25, 0.3) is 10.9 Å². The van der Waals surface area contributed by atoms with Gasteiger partial charge in [-0.05, 0) is 23.6 Å². The van der Waals surface area contributed by atoms with Crippen LogP contribution < -0.4 is 5.48 Å². The van der Waals surface area contributed by atoms with Gasteiger partial charge < -0.3 is 29.5 Å². The third-order valence-corrected chi connectivity index (χ3v) is 5.45. The number of benzene rings is 2. The molecule has 4 N–H and O–H groups in total. The molecule has 0 radical (unpaired) electrons. The Morgan fingerprint density at radius 1 is 0.966 bits per heavy atom. The standard InChI is InChI=1S/C22H26N2O5/c1-28-23-12-18-19(25)20(26)21(27)22(29-18)24-13-15(11-14-7-3-2-4-8-14)16-9-5-6-10-17(16)24/h2-10,13,18-23,25-27H,11-12H2,1H3/t18-,19-,20+,21-,22-/m1/s1. The van der Waals surface area contributed by atoms with Gasteiger partial charge in [0.25, 0.3) is 0 Å². The summed E-state index contributed by atoms with van der Waals surface area (Å²) in [5, 5.41) is 32.4. The van der Waals surface area contributed by atoms with E-state index in [0.29, 0.717) is 0 Å². The number of nitrogens with one attached hydrogen (secondary N) is 1. The van der Waals surface area contributed by atoms with E-state index in [2.05, 4.69) is 17.6 Å². The predicted octanol–water partition coefficient (Wildman–Crippen LogP) is 1.36. The van der Waals surface area contributed by atoms with E-state index in [9.17, 15) is 15.3 Å². The average molecular weight is 398 g/mol. The number of hydrogen-bond acceptors (Lipinski definition) is 6. The largest absolute Gasteiger partial charge is 0.388 e. The van der Waals surface area contributed by atoms with Crippen molar-refractivity contribution >= 4 is 10.9 Å². The van der Waals surface area contributed by atoms with Gasteiger partial charge in [0, 0.05) is 11.6 Å². The molecule has 1 fully saturated rings. The number of hydroxylamine groups is 1. The first-order chi connectivity index (χ1) is 14.1. The molecule has 7 heteroatoms. The Hall–Kier alpha value is -2.26. The van der Waals surface area contributed by atoms with Gasteiger partial charge in [-0.1, -0.05) is 48.5 Å². The van der Waals surface area contributed by atoms with E-state index in [4.69, 9.17) is 9.57 Å². The normalized spacial score (nSPS) is 27.4. The number of hydrogen-bond donors (Lipinski definition) is 4. The van der Waals surface area contributed by atoms with Gasteiger partial charge in [0.1, 0.15) is 24.4 Å². The molecule has 2 heterocycles. The number of rotatable bonds is 6. The number of aliphatic hydroxyl groups is 3. The maximum absolute atomic E-state index is 10.7. The lowest BCUT2D eigenvalue weighted by Crippen LogP contribution is -2.57. The van der Waals surface area contributed by atoms with Crippen LogP contribution in [0, 0.1) is 0 Å². The highest BCUT2D eigenvalue weighted by Crippen LogP contribution is 2.33. The molecule has 154 valence electrons. The molecular weight excluding hydrogens is 372 g/mol. The molecule has 5 atom stereocenters. The van der Waals surface area contributed by atoms with Crippen molar-refractivity contribution in [3.05, 3.63) is 71.9 Å². The highest BCUT2D eigenvalue weighted by molar-refractivity contribution is 5.84. The average Bonchev–Trinajstić information content (AvgIpc) is 3.11. The van der Waals surface area contributed by atoms with E-state index in [1.165, 1.54) is 12.7 Å². The van der Waals surface area contributed by atoms with Gasteiger partial charge >= 0.3 is 0 Å². The van der Waals surface area contributed by atoms with E-state index in [1.807, 2.05) is 53.2 Å². The minimum atomic E-state index is -1.34. The molecule has 0 spiro atoms. The summed E-state index contributed by atoms with van der Waals surface area (Å²) < 4.78 is 7.84. The molecule has 4 rings (SSSR count). The second-order valence-corrected chi connectivity index (χ2v) is 7.33. The second kappa shape index (κ2) is 8.62. The Morgan fingerprint density at radius 2 is 1.69 bits per heavy atom. The molecule has 29 heavy (non-hydrogen) atoms. The monoisotopic (exact) mass is 398 g/mol. The Balaban J connectivity index is 1.71. The van der Waals surface area contributed by atoms with Crippen molar-refractivity contribution in [3.63, 3.8) is 0 Å². The van der Waals surface area contributed by atoms with Crippen LogP contribution in [-0.2, 0) is 16.0 Å². The van der Waals surface area contributed by atoms with Gasteiger partial charge in [-0.25, -0.2) is 5.48 Å². The first-order valence-electron chi connectivity index (χ1n) is 9.68. The molecule has 0 aliphatic carbocycles. The van der Waals surface area contributed by atoms with Crippen LogP contribution in [0.1, 0.15) is 17.4 Å². The van der Waals surface area contributed by atoms with Gasteiger partial charge in [-0.15, -0.1) is 0 Å². The molecule has 1 aromatic heterocycles. The third kappa shape index (κ3) is 3.93. The van der Waals surface area contributed by atoms with Gasteiger partial charge in [0.05, 0.1) is 19.2 Å². The zero-order valence-corrected chi connectivity index (χ0v) is 16.2. The van der Waals surface area contributed by atoms with Crippen LogP contribution in [0.5, 0.6) is 0 Å². The van der Waals surface area contributed by atoms with Crippen molar-refractivity contribution in [2.75, 3.05) is 13.7 Å². The maximum Gasteiger partial charge on any atom is 0.163 e. The number of aliphatic hydroxyl groups excluding tert-OH is 3. The topological polar surface area (TPSA) is 96.1 Å². The van der Waals surface area contributed by atoms with Crippen molar-refractivity contribution in [2.45, 2.75) is 37.1 Å². The summed E-state index contributed by atoms with van der Waals surface area (Å²) in [4.78, 5) is 4.84. The molecule has 0 unspecified atom stereocenters. The van der Waals surface area contributed by atoms with E-state index < -0.39 is 30.6 Å². The lowest BCUT2D eigenvalue weighted by molar-refractivity contribution is -0.245. The second-order valence-electron chi connectivity index (χ2n) is 7.33. The zero-order chi connectivity index (χ0) is 20.4. The fraction of sp³-hybridized carbons (Fsp3) is 0.364. The SMILES string of the molecule is CONC[C@H]1O[C@@H](n2cc(Cc3ccccc3)c3ccccc32)[C@H](O)[C@@H](O)[C@@H]1O. The van der Waals surface area contributed by atoms with Crippen molar-refractivity contribution < 1.29 is 24.9 Å². The highest BCUT2D eigenvalue weighted by Gasteiger charge is 2.44. The molecule has 3 aromatic rings. The molecule has 1 aliphatic heterocycles. The minimum Gasteiger partial charge on any atom is -0.388 e. The fourth-order valence-corrected chi connectivity index (χ4v) is 3.94. The predicted molar refractivity (Wildman–Crippen MR) is 108 cm³/mol. The van der Waals surface area contributed by atoms with Crippen LogP contribution in [0.2, 0.25) is 0 Å². The number of para-hydroxylation sites is 1. The molecule has 1 aliphatic rings. The first-order valence-corrected chi connectivity index (χ1v) is 9.68. The molecular formula is C22H26N2O5. The smallest absolute Gasteiger partial charge is 0.163 e. The molecule has 2 aromatic carbocycles. The van der Waals surface area contributed by atoms with Crippen LogP contribution in [0.3, 0.4) is 0 Å². The van der Waals surface area contributed by atoms with Crippen molar-refractivity contribution in [1.82, 2.24) is 10.0 Å². The first kappa shape index (κ1) is 20.0. The summed E-state index contributed by atoms with van der Waals surface area (Å²) >= 11 is 0. The lowest BCUT2D eigenvalue weighted by Gasteiger charge is -2.41. The van der Waals surface area contributed by atoms with E-state index >= 15 is 0 Å². The van der Waals surface area contributed by atoms with E-state index in [-0.39, 0.29) is 6.54 Å². The van der Waals surface area contributed by atoms with E-state index in [1.54, 1.807) is 0 Å². The Bertz CT molecular complexity index is 945. The summed E-state index contributed by atoms with van der Waals surface area (Å²) in [6, 6.07) is 18.0. The number of fused-ring (bicyclic) bond motifs is 1. The van der Waals surface area contributed by atoms with Crippen LogP contribution >= 0.6 is 0 Å². The van der Waals surface area contributed by atoms with Crippen LogP contribution in [0.15, 0.2) is 60.8 Å². The Morgan fingerprint density at radius 3 is 2.45 bits per heavy atom. The van der Waals surface area contributed by atoms with Gasteiger partial charge in [0.2, 0.25) is 0 Å². The number of ether oxygens (including phenoxy) is 1. The summed E-state index contributed by atoms with van der Waals surface area (Å²) in [6.45, 7) is 0.175.